The first-order valence-electron chi connectivity index (χ1n) is 8.01. The van der Waals surface area contributed by atoms with Crippen molar-refractivity contribution in [2.75, 3.05) is 24.5 Å². The minimum absolute atomic E-state index is 0.0146. The van der Waals surface area contributed by atoms with E-state index in [0.29, 0.717) is 6.42 Å². The Morgan fingerprint density at radius 1 is 1.23 bits per heavy atom. The van der Waals surface area contributed by atoms with Crippen LogP contribution in [0, 0.1) is 0 Å². The molecular weight excluding hydrogens is 282 g/mol. The quantitative estimate of drug-likeness (QED) is 0.771. The van der Waals surface area contributed by atoms with Gasteiger partial charge in [-0.25, -0.2) is 4.79 Å². The van der Waals surface area contributed by atoms with E-state index in [4.69, 9.17) is 0 Å². The number of aromatic nitrogens is 2. The van der Waals surface area contributed by atoms with E-state index >= 15 is 0 Å². The van der Waals surface area contributed by atoms with Gasteiger partial charge in [-0.3, -0.25) is 9.48 Å². The van der Waals surface area contributed by atoms with E-state index in [0.717, 1.165) is 44.6 Å². The molecule has 0 aliphatic carbocycles. The van der Waals surface area contributed by atoms with Crippen molar-refractivity contribution in [3.05, 3.63) is 12.4 Å². The molecule has 0 aromatic carbocycles. The number of nitrogens with zero attached hydrogens (tertiary/aromatic N) is 5. The van der Waals surface area contributed by atoms with E-state index < -0.39 is 0 Å². The lowest BCUT2D eigenvalue weighted by Gasteiger charge is -2.28. The molecule has 7 nitrogen and oxygen atoms in total. The third kappa shape index (κ3) is 1.99. The highest BCUT2D eigenvalue weighted by molar-refractivity contribution is 5.98. The van der Waals surface area contributed by atoms with Crippen molar-refractivity contribution in [3.8, 4) is 0 Å². The van der Waals surface area contributed by atoms with Crippen LogP contribution in [0.25, 0.3) is 0 Å². The molecule has 0 radical (unpaired) electrons. The van der Waals surface area contributed by atoms with Gasteiger partial charge in [0.2, 0.25) is 5.91 Å². The molecule has 2 atom stereocenters. The minimum atomic E-state index is 0.0146. The van der Waals surface area contributed by atoms with Crippen LogP contribution in [0.3, 0.4) is 0 Å². The summed E-state index contributed by atoms with van der Waals surface area (Å²) in [5, 5.41) is 4.16. The zero-order valence-electron chi connectivity index (χ0n) is 12.8. The summed E-state index contributed by atoms with van der Waals surface area (Å²) in [6.45, 7) is 2.45. The van der Waals surface area contributed by atoms with Gasteiger partial charge in [-0.2, -0.15) is 5.10 Å². The largest absolute Gasteiger partial charge is 0.325 e. The minimum Gasteiger partial charge on any atom is -0.325 e. The Balaban J connectivity index is 1.55. The molecule has 3 saturated heterocycles. The maximum Gasteiger partial charge on any atom is 0.320 e. The van der Waals surface area contributed by atoms with E-state index in [9.17, 15) is 9.59 Å². The average molecular weight is 303 g/mol. The number of hydrogen-bond acceptors (Lipinski definition) is 3. The van der Waals surface area contributed by atoms with Crippen molar-refractivity contribution in [2.45, 2.75) is 37.8 Å². The second-order valence-corrected chi connectivity index (χ2v) is 6.43. The summed E-state index contributed by atoms with van der Waals surface area (Å²) in [5.41, 5.74) is 0.843. The van der Waals surface area contributed by atoms with Gasteiger partial charge >= 0.3 is 6.03 Å². The molecule has 118 valence electrons. The number of amides is 3. The number of carbonyl (C=O) groups is 2. The molecule has 3 aliphatic heterocycles. The fraction of sp³-hybridized carbons (Fsp3) is 0.667. The number of rotatable bonds is 1. The van der Waals surface area contributed by atoms with Crippen molar-refractivity contribution in [1.29, 1.82) is 0 Å². The molecule has 4 heterocycles. The molecule has 0 spiro atoms. The number of urea groups is 1. The maximum absolute atomic E-state index is 12.6. The summed E-state index contributed by atoms with van der Waals surface area (Å²) in [6, 6.07) is 0.231. The molecule has 0 bridgehead atoms. The molecule has 7 heteroatoms. The van der Waals surface area contributed by atoms with Gasteiger partial charge in [-0.15, -0.1) is 0 Å². The SMILES string of the molecule is Cn1cc(N2C(=O)C[C@H]3[C@H]2CCN3C(=O)N2CCCC2)cn1. The summed E-state index contributed by atoms with van der Waals surface area (Å²) in [4.78, 5) is 30.8. The third-order valence-corrected chi connectivity index (χ3v) is 5.09. The lowest BCUT2D eigenvalue weighted by Crippen LogP contribution is -2.46. The number of anilines is 1. The van der Waals surface area contributed by atoms with E-state index in [1.165, 1.54) is 0 Å². The first-order valence-corrected chi connectivity index (χ1v) is 8.01. The molecule has 3 amide bonds. The van der Waals surface area contributed by atoms with Crippen LogP contribution in [-0.2, 0) is 11.8 Å². The fourth-order valence-electron chi connectivity index (χ4n) is 4.04. The molecule has 0 saturated carbocycles. The van der Waals surface area contributed by atoms with E-state index in [1.807, 2.05) is 27.9 Å². The first-order chi connectivity index (χ1) is 10.6. The third-order valence-electron chi connectivity index (χ3n) is 5.09. The fourth-order valence-corrected chi connectivity index (χ4v) is 4.04. The van der Waals surface area contributed by atoms with Gasteiger partial charge in [-0.05, 0) is 19.3 Å². The van der Waals surface area contributed by atoms with Gasteiger partial charge in [0.25, 0.3) is 0 Å². The molecule has 1 aromatic rings. The van der Waals surface area contributed by atoms with Gasteiger partial charge in [0.1, 0.15) is 0 Å². The predicted octanol–water partition coefficient (Wildman–Crippen LogP) is 0.815. The second kappa shape index (κ2) is 5.00. The number of likely N-dealkylation sites (tertiary alicyclic amines) is 2. The van der Waals surface area contributed by atoms with Gasteiger partial charge in [-0.1, -0.05) is 0 Å². The van der Waals surface area contributed by atoms with Crippen molar-refractivity contribution >= 4 is 17.6 Å². The number of aryl methyl sites for hydroxylation is 1. The van der Waals surface area contributed by atoms with Crippen molar-refractivity contribution in [2.24, 2.45) is 7.05 Å². The summed E-state index contributed by atoms with van der Waals surface area (Å²) < 4.78 is 1.71. The Hall–Kier alpha value is -2.05. The van der Waals surface area contributed by atoms with Gasteiger partial charge < -0.3 is 14.7 Å². The van der Waals surface area contributed by atoms with Crippen LogP contribution in [0.5, 0.6) is 0 Å². The Morgan fingerprint density at radius 2 is 2.00 bits per heavy atom. The van der Waals surface area contributed by atoms with Crippen molar-refractivity contribution in [1.82, 2.24) is 19.6 Å². The second-order valence-electron chi connectivity index (χ2n) is 6.43. The van der Waals surface area contributed by atoms with Crippen LogP contribution in [0.15, 0.2) is 12.4 Å². The normalized spacial score (nSPS) is 27.9. The van der Waals surface area contributed by atoms with Gasteiger partial charge in [0.15, 0.2) is 0 Å². The topological polar surface area (TPSA) is 61.7 Å². The molecular formula is C15H21N5O2. The van der Waals surface area contributed by atoms with Gasteiger partial charge in [0.05, 0.1) is 24.0 Å². The molecule has 1 aromatic heterocycles. The number of hydrogen-bond donors (Lipinski definition) is 0. The Kier molecular flexibility index (Phi) is 3.09. The molecule has 3 aliphatic rings. The highest BCUT2D eigenvalue weighted by Crippen LogP contribution is 2.36. The number of carbonyl (C=O) groups excluding carboxylic acids is 2. The smallest absolute Gasteiger partial charge is 0.320 e. The highest BCUT2D eigenvalue weighted by atomic mass is 16.2. The molecule has 22 heavy (non-hydrogen) atoms. The lowest BCUT2D eigenvalue weighted by atomic mass is 10.1. The van der Waals surface area contributed by atoms with Crippen LogP contribution >= 0.6 is 0 Å². The van der Waals surface area contributed by atoms with E-state index in [1.54, 1.807) is 10.9 Å². The van der Waals surface area contributed by atoms with Crippen molar-refractivity contribution < 1.29 is 9.59 Å². The average Bonchev–Trinajstić information content (AvgIpc) is 3.22. The van der Waals surface area contributed by atoms with E-state index in [-0.39, 0.29) is 24.0 Å². The maximum atomic E-state index is 12.6. The van der Waals surface area contributed by atoms with Crippen LogP contribution < -0.4 is 4.90 Å². The molecule has 4 rings (SSSR count). The summed E-state index contributed by atoms with van der Waals surface area (Å²) in [5.74, 6) is 0.0990. The summed E-state index contributed by atoms with van der Waals surface area (Å²) >= 11 is 0. The monoisotopic (exact) mass is 303 g/mol. The first kappa shape index (κ1) is 13.6. The van der Waals surface area contributed by atoms with Crippen LogP contribution in [-0.4, -0.2) is 63.2 Å². The van der Waals surface area contributed by atoms with Crippen LogP contribution in [0.1, 0.15) is 25.7 Å². The summed E-state index contributed by atoms with van der Waals surface area (Å²) in [7, 11) is 1.85. The van der Waals surface area contributed by atoms with Crippen molar-refractivity contribution in [3.63, 3.8) is 0 Å². The highest BCUT2D eigenvalue weighted by Gasteiger charge is 2.50. The van der Waals surface area contributed by atoms with Crippen LogP contribution in [0.2, 0.25) is 0 Å². The molecule has 0 N–H and O–H groups in total. The predicted molar refractivity (Wildman–Crippen MR) is 80.4 cm³/mol. The Labute approximate surface area is 129 Å². The number of fused-ring (bicyclic) bond motifs is 1. The van der Waals surface area contributed by atoms with Gasteiger partial charge in [0, 0.05) is 39.3 Å². The molecule has 3 fully saturated rings. The summed E-state index contributed by atoms with van der Waals surface area (Å²) in [6.07, 6.45) is 7.06. The Morgan fingerprint density at radius 3 is 2.68 bits per heavy atom. The molecule has 0 unspecified atom stereocenters. The standard InChI is InChI=1S/C15H21N5O2/c1-17-10-11(9-16-17)20-12-4-7-19(13(12)8-14(20)21)15(22)18-5-2-3-6-18/h9-10,12-13H,2-8H2,1H3/t12-,13+/m1/s1. The Bertz CT molecular complexity index is 607. The zero-order chi connectivity index (χ0) is 15.3. The van der Waals surface area contributed by atoms with E-state index in [2.05, 4.69) is 5.10 Å². The zero-order valence-corrected chi connectivity index (χ0v) is 12.8. The lowest BCUT2D eigenvalue weighted by molar-refractivity contribution is -0.117. The van der Waals surface area contributed by atoms with Crippen LogP contribution in [0.4, 0.5) is 10.5 Å².